The van der Waals surface area contributed by atoms with Crippen molar-refractivity contribution < 1.29 is 79.9 Å². The highest BCUT2D eigenvalue weighted by Crippen LogP contribution is 2.29. The molecule has 0 spiro atoms. The van der Waals surface area contributed by atoms with E-state index < -0.39 is 112 Å². The van der Waals surface area contributed by atoms with Crippen molar-refractivity contribution in [3.05, 3.63) is 0 Å². The minimum absolute atomic E-state index is 0.609. The maximum atomic E-state index is 10.6. The molecule has 0 aromatic carbocycles. The fraction of sp³-hybridized carbons (Fsp3) is 1.00. The molecule has 3 aliphatic rings. The highest BCUT2D eigenvalue weighted by atomic mass is 16.7. The lowest BCUT2D eigenvalue weighted by atomic mass is 9.97. The van der Waals surface area contributed by atoms with Crippen LogP contribution >= 0.6 is 0 Å². The zero-order chi connectivity index (χ0) is 25.3. The van der Waals surface area contributed by atoms with Crippen molar-refractivity contribution in [1.82, 2.24) is 0 Å². The highest BCUT2D eigenvalue weighted by Gasteiger charge is 2.51. The first-order chi connectivity index (χ1) is 16.0. The lowest BCUT2D eigenvalue weighted by Gasteiger charge is -2.45. The number of aliphatic hydroxyl groups is 11. The van der Waals surface area contributed by atoms with Gasteiger partial charge < -0.3 is 79.9 Å². The van der Waals surface area contributed by atoms with Crippen molar-refractivity contribution >= 4 is 0 Å². The van der Waals surface area contributed by atoms with Crippen molar-refractivity contribution in [2.24, 2.45) is 0 Å². The Hall–Kier alpha value is -0.640. The standard InChI is InChI=1S/C18H32O16/c19-1-4-7(21)10(24)12(26)17(32-4)30-3-6-9(23)15(14(28)16(29)31-6)34-18-13(27)11(25)8(22)5(2-20)33-18/h4-29H,1-3H2/t4?,5?,6?,7-,8-,9-,10+,11+,12?,13?,14?,15+,16-,17+,18-/m1/s1. The molecule has 16 nitrogen and oxygen atoms in total. The molecule has 200 valence electrons. The molecule has 3 heterocycles. The van der Waals surface area contributed by atoms with E-state index in [2.05, 4.69) is 0 Å². The summed E-state index contributed by atoms with van der Waals surface area (Å²) in [5, 5.41) is 109. The zero-order valence-corrected chi connectivity index (χ0v) is 17.7. The molecular weight excluding hydrogens is 472 g/mol. The lowest BCUT2D eigenvalue weighted by Crippen LogP contribution is -2.65. The van der Waals surface area contributed by atoms with Crippen LogP contribution in [0.2, 0.25) is 0 Å². The Morgan fingerprint density at radius 3 is 1.53 bits per heavy atom. The summed E-state index contributed by atoms with van der Waals surface area (Å²) in [5.41, 5.74) is 0. The van der Waals surface area contributed by atoms with Crippen LogP contribution in [0.15, 0.2) is 0 Å². The summed E-state index contributed by atoms with van der Waals surface area (Å²) in [7, 11) is 0. The fourth-order valence-corrected chi connectivity index (χ4v) is 3.94. The Bertz CT molecular complexity index is 637. The second-order valence-corrected chi connectivity index (χ2v) is 8.37. The van der Waals surface area contributed by atoms with Gasteiger partial charge in [0.2, 0.25) is 0 Å². The van der Waals surface area contributed by atoms with Gasteiger partial charge in [-0.2, -0.15) is 0 Å². The fourth-order valence-electron chi connectivity index (χ4n) is 3.94. The molecule has 0 aliphatic carbocycles. The average Bonchev–Trinajstić information content (AvgIpc) is 2.82. The van der Waals surface area contributed by atoms with Crippen molar-refractivity contribution in [2.45, 2.75) is 92.1 Å². The number of ether oxygens (including phenoxy) is 5. The van der Waals surface area contributed by atoms with Gasteiger partial charge in [0.05, 0.1) is 19.8 Å². The molecule has 15 atom stereocenters. The van der Waals surface area contributed by atoms with Gasteiger partial charge in [-0.15, -0.1) is 0 Å². The molecule has 0 aromatic heterocycles. The van der Waals surface area contributed by atoms with E-state index in [1.165, 1.54) is 0 Å². The van der Waals surface area contributed by atoms with Gasteiger partial charge in [0, 0.05) is 0 Å². The molecule has 3 fully saturated rings. The molecule has 3 saturated heterocycles. The first-order valence-electron chi connectivity index (χ1n) is 10.6. The zero-order valence-electron chi connectivity index (χ0n) is 17.7. The van der Waals surface area contributed by atoms with Gasteiger partial charge in [0.25, 0.3) is 0 Å². The van der Waals surface area contributed by atoms with Crippen LogP contribution in [0, 0.1) is 0 Å². The molecule has 3 rings (SSSR count). The van der Waals surface area contributed by atoms with Crippen LogP contribution in [0.3, 0.4) is 0 Å². The summed E-state index contributed by atoms with van der Waals surface area (Å²) < 4.78 is 26.1. The van der Waals surface area contributed by atoms with Crippen LogP contribution < -0.4 is 0 Å². The molecule has 3 aliphatic heterocycles. The van der Waals surface area contributed by atoms with Crippen LogP contribution in [-0.4, -0.2) is 168 Å². The van der Waals surface area contributed by atoms with Gasteiger partial charge in [-0.1, -0.05) is 0 Å². The summed E-state index contributed by atoms with van der Waals surface area (Å²) >= 11 is 0. The molecule has 34 heavy (non-hydrogen) atoms. The van der Waals surface area contributed by atoms with Gasteiger partial charge >= 0.3 is 0 Å². The van der Waals surface area contributed by atoms with Gasteiger partial charge in [-0.05, 0) is 0 Å². The van der Waals surface area contributed by atoms with E-state index in [-0.39, 0.29) is 0 Å². The van der Waals surface area contributed by atoms with E-state index >= 15 is 0 Å². The van der Waals surface area contributed by atoms with E-state index in [4.69, 9.17) is 23.7 Å². The van der Waals surface area contributed by atoms with E-state index in [1.807, 2.05) is 0 Å². The SMILES string of the molecule is OCC1O[C@H](O[C@@H]2C(O)[C@H](O)OC(CO[C@H]3OC(CO)[C@@H](O)[C@H](O)C3O)[C@H]2O)C(O)[C@@H](O)[C@@H]1O. The van der Waals surface area contributed by atoms with Crippen LogP contribution in [-0.2, 0) is 23.7 Å². The third-order valence-corrected chi connectivity index (χ3v) is 6.07. The highest BCUT2D eigenvalue weighted by molar-refractivity contribution is 4.94. The molecule has 0 radical (unpaired) electrons. The Morgan fingerprint density at radius 1 is 0.500 bits per heavy atom. The molecule has 0 saturated carbocycles. The summed E-state index contributed by atoms with van der Waals surface area (Å²) in [6, 6.07) is 0. The van der Waals surface area contributed by atoms with E-state index in [0.29, 0.717) is 0 Å². The summed E-state index contributed by atoms with van der Waals surface area (Å²) in [5.74, 6) is 0. The van der Waals surface area contributed by atoms with E-state index in [9.17, 15) is 56.2 Å². The lowest BCUT2D eigenvalue weighted by molar-refractivity contribution is -0.361. The van der Waals surface area contributed by atoms with Crippen molar-refractivity contribution in [2.75, 3.05) is 19.8 Å². The first kappa shape index (κ1) is 27.9. The van der Waals surface area contributed by atoms with Gasteiger partial charge in [-0.25, -0.2) is 0 Å². The Kier molecular flexibility index (Phi) is 9.54. The first-order valence-corrected chi connectivity index (χ1v) is 10.6. The molecule has 0 aromatic rings. The summed E-state index contributed by atoms with van der Waals surface area (Å²) in [6.07, 6.45) is -24.9. The molecule has 0 bridgehead atoms. The smallest absolute Gasteiger partial charge is 0.187 e. The van der Waals surface area contributed by atoms with Crippen LogP contribution in [0.25, 0.3) is 0 Å². The van der Waals surface area contributed by atoms with Crippen LogP contribution in [0.1, 0.15) is 0 Å². The molecule has 6 unspecified atom stereocenters. The minimum Gasteiger partial charge on any atom is -0.394 e. The third kappa shape index (κ3) is 5.52. The van der Waals surface area contributed by atoms with Crippen LogP contribution in [0.4, 0.5) is 0 Å². The number of aliphatic hydroxyl groups excluding tert-OH is 11. The largest absolute Gasteiger partial charge is 0.394 e. The van der Waals surface area contributed by atoms with E-state index in [1.54, 1.807) is 0 Å². The van der Waals surface area contributed by atoms with Crippen LogP contribution in [0.5, 0.6) is 0 Å². The minimum atomic E-state index is -1.93. The van der Waals surface area contributed by atoms with Crippen molar-refractivity contribution in [1.29, 1.82) is 0 Å². The second-order valence-electron chi connectivity index (χ2n) is 8.37. The van der Waals surface area contributed by atoms with Crippen molar-refractivity contribution in [3.8, 4) is 0 Å². The molecular formula is C18H32O16. The number of hydrogen-bond donors (Lipinski definition) is 11. The summed E-state index contributed by atoms with van der Waals surface area (Å²) in [6.45, 7) is -2.06. The Balaban J connectivity index is 1.65. The third-order valence-electron chi connectivity index (χ3n) is 6.07. The molecule has 11 N–H and O–H groups in total. The van der Waals surface area contributed by atoms with E-state index in [0.717, 1.165) is 0 Å². The maximum absolute atomic E-state index is 10.6. The normalized spacial score (nSPS) is 52.5. The predicted octanol–water partition coefficient (Wildman–Crippen LogP) is -7.57. The van der Waals surface area contributed by atoms with Gasteiger partial charge in [0.1, 0.15) is 73.2 Å². The van der Waals surface area contributed by atoms with Crippen molar-refractivity contribution in [3.63, 3.8) is 0 Å². The second kappa shape index (κ2) is 11.6. The quantitative estimate of drug-likeness (QED) is 0.154. The van der Waals surface area contributed by atoms with Gasteiger partial charge in [-0.3, -0.25) is 0 Å². The molecule has 16 heteroatoms. The number of hydrogen-bond acceptors (Lipinski definition) is 16. The number of rotatable bonds is 7. The topological polar surface area (TPSA) is 269 Å². The van der Waals surface area contributed by atoms with Gasteiger partial charge in [0.15, 0.2) is 18.9 Å². The monoisotopic (exact) mass is 504 g/mol. The predicted molar refractivity (Wildman–Crippen MR) is 101 cm³/mol. The molecule has 0 amide bonds. The average molecular weight is 504 g/mol. The maximum Gasteiger partial charge on any atom is 0.187 e. The Labute approximate surface area is 192 Å². The Morgan fingerprint density at radius 2 is 1.00 bits per heavy atom. The summed E-state index contributed by atoms with van der Waals surface area (Å²) in [4.78, 5) is 0.